The van der Waals surface area contributed by atoms with Crippen LogP contribution < -0.4 is 0 Å². The Morgan fingerprint density at radius 1 is 1.27 bits per heavy atom. The molecule has 0 heterocycles. The van der Waals surface area contributed by atoms with Gasteiger partial charge in [0.05, 0.1) is 11.6 Å². The molecule has 1 radical (unpaired) electrons. The van der Waals surface area contributed by atoms with Gasteiger partial charge in [0.15, 0.2) is 0 Å². The summed E-state index contributed by atoms with van der Waals surface area (Å²) in [5.74, 6) is -1.98. The van der Waals surface area contributed by atoms with Gasteiger partial charge in [-0.1, -0.05) is 0 Å². The van der Waals surface area contributed by atoms with Gasteiger partial charge in [-0.25, -0.2) is 4.79 Å². The predicted molar refractivity (Wildman–Crippen MR) is 35.6 cm³/mol. The molecule has 0 spiro atoms. The zero-order chi connectivity index (χ0) is 8.43. The van der Waals surface area contributed by atoms with Gasteiger partial charge in [0.2, 0.25) is 0 Å². The van der Waals surface area contributed by atoms with Crippen molar-refractivity contribution in [1.82, 2.24) is 0 Å². The van der Waals surface area contributed by atoms with Crippen LogP contribution in [0.3, 0.4) is 0 Å². The Morgan fingerprint density at radius 3 is 2.09 bits per heavy atom. The lowest BCUT2D eigenvalue weighted by atomic mass is 10.2. The van der Waals surface area contributed by atoms with Crippen LogP contribution >= 0.6 is 0 Å². The average Bonchev–Trinajstić information content (AvgIpc) is 1.85. The first kappa shape index (κ1) is 7.40. The third-order valence-corrected chi connectivity index (χ3v) is 1.09. The van der Waals surface area contributed by atoms with Gasteiger partial charge in [-0.3, -0.25) is 0 Å². The number of carboxylic acid groups (broad SMARTS) is 1. The molecule has 11 heavy (non-hydrogen) atoms. The average molecular weight is 153 g/mol. The van der Waals surface area contributed by atoms with Crippen LogP contribution in [0.2, 0.25) is 0 Å². The zero-order valence-corrected chi connectivity index (χ0v) is 5.40. The summed E-state index contributed by atoms with van der Waals surface area (Å²) < 4.78 is 0. The number of rotatable bonds is 1. The van der Waals surface area contributed by atoms with Gasteiger partial charge in [-0.2, -0.15) is 0 Å². The molecule has 4 nitrogen and oxygen atoms in total. The van der Waals surface area contributed by atoms with Crippen molar-refractivity contribution in [2.75, 3.05) is 0 Å². The first-order chi connectivity index (χ1) is 5.09. The van der Waals surface area contributed by atoms with Crippen molar-refractivity contribution in [3.63, 3.8) is 0 Å². The van der Waals surface area contributed by atoms with Crippen molar-refractivity contribution in [2.24, 2.45) is 0 Å². The van der Waals surface area contributed by atoms with E-state index in [1.165, 1.54) is 0 Å². The molecule has 57 valence electrons. The maximum atomic E-state index is 10.3. The quantitative estimate of drug-likeness (QED) is 0.552. The van der Waals surface area contributed by atoms with Crippen molar-refractivity contribution < 1.29 is 20.1 Å². The van der Waals surface area contributed by atoms with Crippen LogP contribution in [0.25, 0.3) is 0 Å². The van der Waals surface area contributed by atoms with Crippen LogP contribution in [0, 0.1) is 6.07 Å². The Hall–Kier alpha value is -1.71. The number of phenolic OH excluding ortho intramolecular Hbond substituents is 2. The molecule has 0 unspecified atom stereocenters. The van der Waals surface area contributed by atoms with E-state index in [0.29, 0.717) is 0 Å². The fourth-order valence-corrected chi connectivity index (χ4v) is 0.663. The summed E-state index contributed by atoms with van der Waals surface area (Å²) in [6.45, 7) is 0. The van der Waals surface area contributed by atoms with Crippen molar-refractivity contribution >= 4 is 5.97 Å². The standard InChI is InChI=1S/C7H5O4/c8-5-1-4(7(10)11)2-6(9)3-5/h1-2,8-9H,(H,10,11). The molecule has 0 saturated heterocycles. The van der Waals surface area contributed by atoms with Crippen molar-refractivity contribution in [3.05, 3.63) is 23.8 Å². The molecule has 0 aliphatic carbocycles. The summed E-state index contributed by atoms with van der Waals surface area (Å²) in [5, 5.41) is 25.9. The number of aromatic carboxylic acids is 1. The molecule has 0 aliphatic heterocycles. The largest absolute Gasteiger partial charge is 0.507 e. The summed E-state index contributed by atoms with van der Waals surface area (Å²) in [4.78, 5) is 10.3. The van der Waals surface area contributed by atoms with E-state index in [-0.39, 0.29) is 17.1 Å². The summed E-state index contributed by atoms with van der Waals surface area (Å²) in [6, 6.07) is 4.12. The van der Waals surface area contributed by atoms with Crippen molar-refractivity contribution in [1.29, 1.82) is 0 Å². The zero-order valence-electron chi connectivity index (χ0n) is 5.40. The smallest absolute Gasteiger partial charge is 0.335 e. The number of hydrogen-bond donors (Lipinski definition) is 3. The molecule has 0 saturated carbocycles. The lowest BCUT2D eigenvalue weighted by Gasteiger charge is -1.96. The third-order valence-electron chi connectivity index (χ3n) is 1.09. The van der Waals surface area contributed by atoms with E-state index >= 15 is 0 Å². The maximum absolute atomic E-state index is 10.3. The van der Waals surface area contributed by atoms with Crippen LogP contribution in [0.4, 0.5) is 0 Å². The van der Waals surface area contributed by atoms with Crippen LogP contribution in [0.5, 0.6) is 11.5 Å². The minimum absolute atomic E-state index is 0.168. The highest BCUT2D eigenvalue weighted by Gasteiger charge is 2.05. The van der Waals surface area contributed by atoms with Crippen LogP contribution in [0.1, 0.15) is 10.4 Å². The van der Waals surface area contributed by atoms with E-state index in [9.17, 15) is 4.79 Å². The predicted octanol–water partition coefficient (Wildman–Crippen LogP) is 0.596. The summed E-state index contributed by atoms with van der Waals surface area (Å²) in [5.41, 5.74) is -0.168. The number of benzene rings is 1. The minimum atomic E-state index is -1.20. The molecule has 0 aliphatic rings. The Labute approximate surface area is 62.3 Å². The second kappa shape index (κ2) is 2.49. The minimum Gasteiger partial charge on any atom is -0.507 e. The van der Waals surface area contributed by atoms with Crippen LogP contribution in [-0.2, 0) is 0 Å². The molecule has 0 fully saturated rings. The molecule has 1 aromatic rings. The molecule has 1 rings (SSSR count). The molecular weight excluding hydrogens is 148 g/mol. The summed E-state index contributed by atoms with van der Waals surface area (Å²) in [6.07, 6.45) is 0. The van der Waals surface area contributed by atoms with Gasteiger partial charge in [0.25, 0.3) is 0 Å². The van der Waals surface area contributed by atoms with E-state index < -0.39 is 5.97 Å². The van der Waals surface area contributed by atoms with Gasteiger partial charge >= 0.3 is 5.97 Å². The summed E-state index contributed by atoms with van der Waals surface area (Å²) in [7, 11) is 0. The molecule has 0 bridgehead atoms. The highest BCUT2D eigenvalue weighted by Crippen LogP contribution is 2.18. The van der Waals surface area contributed by atoms with E-state index in [0.717, 1.165) is 12.1 Å². The first-order valence-electron chi connectivity index (χ1n) is 2.78. The Bertz CT molecular complexity index is 272. The molecular formula is C7H5O4. The number of aromatic hydroxyl groups is 2. The molecule has 1 aromatic carbocycles. The lowest BCUT2D eigenvalue weighted by Crippen LogP contribution is -1.94. The number of phenols is 2. The SMILES string of the molecule is O=C(O)c1cc(O)[c]c(O)c1. The fraction of sp³-hybridized carbons (Fsp3) is 0. The fourth-order valence-electron chi connectivity index (χ4n) is 0.663. The highest BCUT2D eigenvalue weighted by atomic mass is 16.4. The molecule has 0 amide bonds. The van der Waals surface area contributed by atoms with E-state index in [1.807, 2.05) is 0 Å². The van der Waals surface area contributed by atoms with E-state index in [4.69, 9.17) is 15.3 Å². The Kier molecular flexibility index (Phi) is 1.68. The molecule has 0 atom stereocenters. The maximum Gasteiger partial charge on any atom is 0.335 e. The van der Waals surface area contributed by atoms with Gasteiger partial charge in [0, 0.05) is 0 Å². The van der Waals surface area contributed by atoms with Crippen LogP contribution in [0.15, 0.2) is 12.1 Å². The van der Waals surface area contributed by atoms with Gasteiger partial charge < -0.3 is 15.3 Å². The number of hydrogen-bond acceptors (Lipinski definition) is 3. The monoisotopic (exact) mass is 153 g/mol. The second-order valence-electron chi connectivity index (χ2n) is 1.94. The van der Waals surface area contributed by atoms with Crippen LogP contribution in [-0.4, -0.2) is 21.3 Å². The molecule has 3 N–H and O–H groups in total. The number of carbonyl (C=O) groups is 1. The highest BCUT2D eigenvalue weighted by molar-refractivity contribution is 5.88. The third kappa shape index (κ3) is 1.61. The van der Waals surface area contributed by atoms with Gasteiger partial charge in [-0.15, -0.1) is 0 Å². The summed E-state index contributed by atoms with van der Waals surface area (Å²) >= 11 is 0. The molecule has 4 heteroatoms. The van der Waals surface area contributed by atoms with Gasteiger partial charge in [0.1, 0.15) is 11.5 Å². The van der Waals surface area contributed by atoms with E-state index in [1.54, 1.807) is 0 Å². The Balaban J connectivity index is 3.19. The molecule has 0 aromatic heterocycles. The topological polar surface area (TPSA) is 77.8 Å². The Morgan fingerprint density at radius 2 is 1.73 bits per heavy atom. The number of carboxylic acids is 1. The second-order valence-corrected chi connectivity index (χ2v) is 1.94. The van der Waals surface area contributed by atoms with E-state index in [2.05, 4.69) is 6.07 Å². The van der Waals surface area contributed by atoms with Gasteiger partial charge in [-0.05, 0) is 12.1 Å². The lowest BCUT2D eigenvalue weighted by molar-refractivity contribution is 0.0696. The van der Waals surface area contributed by atoms with Crippen molar-refractivity contribution in [3.8, 4) is 11.5 Å². The first-order valence-corrected chi connectivity index (χ1v) is 2.78. The van der Waals surface area contributed by atoms with Crippen molar-refractivity contribution in [2.45, 2.75) is 0 Å². The normalized spacial score (nSPS) is 9.45.